The van der Waals surface area contributed by atoms with Gasteiger partial charge in [-0.1, -0.05) is 27.7 Å². The third-order valence-electron chi connectivity index (χ3n) is 10.6. The first-order valence-corrected chi connectivity index (χ1v) is 21.8. The number of carbonyl (C=O) groups is 8. The fourth-order valence-corrected chi connectivity index (χ4v) is 10.5. The number of thiophene rings is 2. The monoisotopic (exact) mass is 863 g/mol. The van der Waals surface area contributed by atoms with E-state index in [1.54, 1.807) is 27.7 Å². The molecule has 320 valence electrons. The fraction of sp³-hybridized carbons (Fsp3) is 0.488. The maximum Gasteiger partial charge on any atom is 0.341 e. The van der Waals surface area contributed by atoms with E-state index in [2.05, 4.69) is 24.5 Å². The van der Waals surface area contributed by atoms with E-state index < -0.39 is 66.8 Å². The summed E-state index contributed by atoms with van der Waals surface area (Å²) in [6.07, 6.45) is 4.67. The maximum atomic E-state index is 13.8. The number of carbonyl (C=O) groups excluding carboxylic acids is 8. The second-order valence-corrected chi connectivity index (χ2v) is 17.9. The van der Waals surface area contributed by atoms with Crippen molar-refractivity contribution in [3.05, 3.63) is 66.9 Å². The Hall–Kier alpha value is -5.42. The molecular formula is C43H49N3O12S2. The molecule has 0 unspecified atom stereocenters. The predicted octanol–water partition coefficient (Wildman–Crippen LogP) is 6.40. The Morgan fingerprint density at radius 1 is 0.717 bits per heavy atom. The van der Waals surface area contributed by atoms with Crippen LogP contribution < -0.4 is 10.6 Å². The number of nitrogens with zero attached hydrogens (tertiary/aromatic N) is 1. The number of esters is 4. The molecular weight excluding hydrogens is 815 g/mol. The molecule has 1 aromatic carbocycles. The Labute approximate surface area is 355 Å². The van der Waals surface area contributed by atoms with Crippen LogP contribution in [0.15, 0.2) is 18.2 Å². The minimum Gasteiger partial charge on any atom is -0.462 e. The number of hydrogen-bond donors (Lipinski definition) is 2. The van der Waals surface area contributed by atoms with Gasteiger partial charge in [0.2, 0.25) is 0 Å². The molecule has 60 heavy (non-hydrogen) atoms. The van der Waals surface area contributed by atoms with Crippen molar-refractivity contribution in [1.82, 2.24) is 4.90 Å². The van der Waals surface area contributed by atoms with Crippen LogP contribution in [0.25, 0.3) is 0 Å². The number of fused-ring (bicyclic) bond motifs is 3. The molecule has 2 aliphatic carbocycles. The Bertz CT molecular complexity index is 2240. The standard InChI is InChI=1S/C43H49N3O12S2/c1-7-55-42(53)34-26-12-9-22(5)16-30(26)59-36(34)44-32(47)19-57-40(51)24-11-14-25-28(18-24)39(50)46(38(25)49)29(15-21(3)4)41(52)58-20-33(48)45-37-35(43(54)56-8-2)27-13-10-23(6)17-31(27)60-37/h11,14,18,21-23,29H,7-10,12-13,15-17,19-20H2,1-6H3,(H,44,47)(H,45,48)/t22-,23-,29+/m0/s1. The molecule has 3 heterocycles. The summed E-state index contributed by atoms with van der Waals surface area (Å²) in [4.78, 5) is 109. The third-order valence-corrected chi connectivity index (χ3v) is 12.9. The molecule has 2 aromatic heterocycles. The summed E-state index contributed by atoms with van der Waals surface area (Å²) < 4.78 is 21.2. The number of anilines is 2. The summed E-state index contributed by atoms with van der Waals surface area (Å²) >= 11 is 2.58. The van der Waals surface area contributed by atoms with Gasteiger partial charge in [0.25, 0.3) is 23.6 Å². The first kappa shape index (κ1) is 44.1. The highest BCUT2D eigenvalue weighted by Crippen LogP contribution is 2.41. The molecule has 0 spiro atoms. The highest BCUT2D eigenvalue weighted by molar-refractivity contribution is 7.17. The van der Waals surface area contributed by atoms with E-state index in [0.717, 1.165) is 57.5 Å². The number of rotatable bonds is 15. The van der Waals surface area contributed by atoms with Gasteiger partial charge in [-0.05, 0) is 106 Å². The van der Waals surface area contributed by atoms with Gasteiger partial charge in [0, 0.05) is 9.75 Å². The molecule has 0 fully saturated rings. The zero-order chi connectivity index (χ0) is 43.4. The lowest BCUT2D eigenvalue weighted by Gasteiger charge is -2.25. The number of nitrogens with one attached hydrogen (secondary N) is 2. The highest BCUT2D eigenvalue weighted by Gasteiger charge is 2.44. The van der Waals surface area contributed by atoms with Gasteiger partial charge < -0.3 is 29.6 Å². The second kappa shape index (κ2) is 18.9. The van der Waals surface area contributed by atoms with E-state index in [4.69, 9.17) is 18.9 Å². The number of benzene rings is 1. The van der Waals surface area contributed by atoms with Crippen molar-refractivity contribution < 1.29 is 57.3 Å². The lowest BCUT2D eigenvalue weighted by atomic mass is 9.88. The average Bonchev–Trinajstić information content (AvgIpc) is 3.82. The molecule has 17 heteroatoms. The Kier molecular flexibility index (Phi) is 13.9. The first-order chi connectivity index (χ1) is 28.6. The van der Waals surface area contributed by atoms with Gasteiger partial charge in [-0.3, -0.25) is 24.1 Å². The highest BCUT2D eigenvalue weighted by atomic mass is 32.1. The molecule has 3 aliphatic rings. The van der Waals surface area contributed by atoms with Crippen LogP contribution in [-0.4, -0.2) is 84.9 Å². The average molecular weight is 864 g/mol. The molecule has 6 rings (SSSR count). The fourth-order valence-electron chi connectivity index (χ4n) is 7.71. The largest absolute Gasteiger partial charge is 0.462 e. The second-order valence-electron chi connectivity index (χ2n) is 15.7. The van der Waals surface area contributed by atoms with Gasteiger partial charge in [0.1, 0.15) is 16.0 Å². The van der Waals surface area contributed by atoms with Crippen molar-refractivity contribution in [1.29, 1.82) is 0 Å². The third kappa shape index (κ3) is 9.46. The van der Waals surface area contributed by atoms with Gasteiger partial charge in [0.05, 0.1) is 41.0 Å². The minimum absolute atomic E-state index is 0.0168. The van der Waals surface area contributed by atoms with Crippen molar-refractivity contribution in [2.24, 2.45) is 17.8 Å². The number of ether oxygens (including phenoxy) is 4. The molecule has 0 saturated heterocycles. The van der Waals surface area contributed by atoms with Crippen LogP contribution in [0, 0.1) is 17.8 Å². The smallest absolute Gasteiger partial charge is 0.341 e. The molecule has 0 saturated carbocycles. The van der Waals surface area contributed by atoms with Crippen LogP contribution in [0.1, 0.15) is 133 Å². The molecule has 1 aliphatic heterocycles. The maximum absolute atomic E-state index is 13.8. The molecule has 0 radical (unpaired) electrons. The number of amides is 4. The van der Waals surface area contributed by atoms with E-state index >= 15 is 0 Å². The normalized spacial score (nSPS) is 17.3. The van der Waals surface area contributed by atoms with Gasteiger partial charge in [-0.2, -0.15) is 0 Å². The topological polar surface area (TPSA) is 201 Å². The lowest BCUT2D eigenvalue weighted by Crippen LogP contribution is -2.46. The van der Waals surface area contributed by atoms with Crippen LogP contribution in [-0.2, 0) is 59.0 Å². The summed E-state index contributed by atoms with van der Waals surface area (Å²) in [7, 11) is 0. The molecule has 2 N–H and O–H groups in total. The summed E-state index contributed by atoms with van der Waals surface area (Å²) in [6, 6.07) is 2.30. The van der Waals surface area contributed by atoms with E-state index in [-0.39, 0.29) is 42.2 Å². The minimum atomic E-state index is -1.40. The van der Waals surface area contributed by atoms with Gasteiger partial charge in [-0.25, -0.2) is 19.2 Å². The zero-order valence-corrected chi connectivity index (χ0v) is 36.1. The van der Waals surface area contributed by atoms with Crippen LogP contribution in [0.3, 0.4) is 0 Å². The van der Waals surface area contributed by atoms with E-state index in [1.807, 2.05) is 0 Å². The van der Waals surface area contributed by atoms with E-state index in [9.17, 15) is 38.4 Å². The molecule has 0 bridgehead atoms. The lowest BCUT2D eigenvalue weighted by molar-refractivity contribution is -0.151. The first-order valence-electron chi connectivity index (χ1n) is 20.2. The van der Waals surface area contributed by atoms with Crippen LogP contribution >= 0.6 is 22.7 Å². The van der Waals surface area contributed by atoms with Gasteiger partial charge in [0.15, 0.2) is 13.2 Å². The quantitative estimate of drug-likeness (QED) is 0.0969. The van der Waals surface area contributed by atoms with Crippen LogP contribution in [0.5, 0.6) is 0 Å². The SMILES string of the molecule is CCOC(=O)c1c(NC(=O)COC(=O)c2ccc3c(c2)C(=O)N([C@H](CC(C)C)C(=O)OCC(=O)Nc2sc4c(c2C(=O)OCC)CC[C@H](C)C4)C3=O)sc2c1CC[C@H](C)C2. The Morgan fingerprint density at radius 2 is 1.22 bits per heavy atom. The number of hydrogen-bond acceptors (Lipinski definition) is 14. The van der Waals surface area contributed by atoms with Crippen LogP contribution in [0.4, 0.5) is 10.0 Å². The van der Waals surface area contributed by atoms with Gasteiger partial charge >= 0.3 is 23.9 Å². The van der Waals surface area contributed by atoms with Crippen LogP contribution in [0.2, 0.25) is 0 Å². The van der Waals surface area contributed by atoms with E-state index in [1.165, 1.54) is 34.8 Å². The van der Waals surface area contributed by atoms with Crippen molar-refractivity contribution >= 4 is 80.2 Å². The van der Waals surface area contributed by atoms with Crippen molar-refractivity contribution in [2.45, 2.75) is 92.5 Å². The molecule has 3 aromatic rings. The molecule has 4 amide bonds. The predicted molar refractivity (Wildman–Crippen MR) is 222 cm³/mol. The Morgan fingerprint density at radius 3 is 1.72 bits per heavy atom. The summed E-state index contributed by atoms with van der Waals surface area (Å²) in [5.41, 5.74) is 1.99. The van der Waals surface area contributed by atoms with Gasteiger partial charge in [-0.15, -0.1) is 22.7 Å². The van der Waals surface area contributed by atoms with Crippen molar-refractivity contribution in [3.8, 4) is 0 Å². The summed E-state index contributed by atoms with van der Waals surface area (Å²) in [5.74, 6) is -5.43. The molecule has 3 atom stereocenters. The Balaban J connectivity index is 1.10. The molecule has 15 nitrogen and oxygen atoms in total. The van der Waals surface area contributed by atoms with E-state index in [0.29, 0.717) is 45.8 Å². The number of imide groups is 1. The van der Waals surface area contributed by atoms with Crippen molar-refractivity contribution in [3.63, 3.8) is 0 Å². The summed E-state index contributed by atoms with van der Waals surface area (Å²) in [6.45, 7) is 10.1. The summed E-state index contributed by atoms with van der Waals surface area (Å²) in [5, 5.41) is 6.01. The van der Waals surface area contributed by atoms with Crippen molar-refractivity contribution in [2.75, 3.05) is 37.1 Å². The zero-order valence-electron chi connectivity index (χ0n) is 34.5.